The van der Waals surface area contributed by atoms with E-state index in [0.29, 0.717) is 16.3 Å². The molecule has 3 rings (SSSR count). The molecule has 0 aliphatic heterocycles. The Labute approximate surface area is 172 Å². The first-order valence-corrected chi connectivity index (χ1v) is 9.80. The smallest absolute Gasteiger partial charge is 0.350 e. The van der Waals surface area contributed by atoms with Crippen LogP contribution in [0.3, 0.4) is 0 Å². The molecular weight excluding hydrogens is 390 g/mol. The molecule has 0 aliphatic carbocycles. The van der Waals surface area contributed by atoms with Crippen LogP contribution in [0.25, 0.3) is 5.69 Å². The fourth-order valence-electron chi connectivity index (χ4n) is 2.60. The summed E-state index contributed by atoms with van der Waals surface area (Å²) in [5.41, 5.74) is 2.44. The summed E-state index contributed by atoms with van der Waals surface area (Å²) in [7, 11) is 1.49. The van der Waals surface area contributed by atoms with Crippen molar-refractivity contribution >= 4 is 34.8 Å². The fourth-order valence-corrected chi connectivity index (χ4v) is 3.38. The minimum atomic E-state index is -0.574. The van der Waals surface area contributed by atoms with Crippen molar-refractivity contribution in [2.45, 2.75) is 6.92 Å². The monoisotopic (exact) mass is 411 g/mol. The maximum atomic E-state index is 12.4. The van der Waals surface area contributed by atoms with Crippen molar-refractivity contribution in [2.24, 2.45) is 0 Å². The number of aromatic nitrogens is 1. The molecule has 2 aromatic heterocycles. The number of aryl methyl sites for hydroxylation is 1. The number of amides is 2. The Morgan fingerprint density at radius 2 is 1.79 bits per heavy atom. The summed E-state index contributed by atoms with van der Waals surface area (Å²) in [5, 5.41) is 4.51. The Morgan fingerprint density at radius 1 is 1.10 bits per heavy atom. The number of rotatable bonds is 7. The lowest BCUT2D eigenvalue weighted by Crippen LogP contribution is -2.37. The molecule has 8 heteroatoms. The minimum Gasteiger partial charge on any atom is -0.451 e. The summed E-state index contributed by atoms with van der Waals surface area (Å²) in [6.07, 6.45) is 3.65. The Bertz CT molecular complexity index is 993. The minimum absolute atomic E-state index is 0.141. The van der Waals surface area contributed by atoms with Gasteiger partial charge in [0.25, 0.3) is 5.91 Å². The van der Waals surface area contributed by atoms with Crippen LogP contribution in [-0.4, -0.2) is 47.4 Å². The molecule has 3 aromatic rings. The third-order valence-corrected chi connectivity index (χ3v) is 5.06. The Kier molecular flexibility index (Phi) is 6.46. The van der Waals surface area contributed by atoms with Gasteiger partial charge < -0.3 is 19.5 Å². The Morgan fingerprint density at radius 3 is 2.48 bits per heavy atom. The number of nitrogens with one attached hydrogen (secondary N) is 1. The molecule has 0 bridgehead atoms. The second-order valence-corrected chi connectivity index (χ2v) is 7.38. The van der Waals surface area contributed by atoms with Gasteiger partial charge in [0.2, 0.25) is 5.91 Å². The van der Waals surface area contributed by atoms with Gasteiger partial charge in [0, 0.05) is 25.1 Å². The fraction of sp³-hybridized carbons (Fsp3) is 0.190. The summed E-state index contributed by atoms with van der Waals surface area (Å²) in [6, 6.07) is 12.9. The van der Waals surface area contributed by atoms with E-state index in [-0.39, 0.29) is 12.5 Å². The first-order valence-electron chi connectivity index (χ1n) is 8.92. The second kappa shape index (κ2) is 9.20. The number of ether oxygens (including phenoxy) is 1. The van der Waals surface area contributed by atoms with Crippen LogP contribution in [0.15, 0.2) is 60.2 Å². The summed E-state index contributed by atoms with van der Waals surface area (Å²) in [5.74, 6) is -1.37. The Hall–Kier alpha value is -3.39. The van der Waals surface area contributed by atoms with E-state index in [4.69, 9.17) is 4.74 Å². The van der Waals surface area contributed by atoms with E-state index < -0.39 is 18.5 Å². The lowest BCUT2D eigenvalue weighted by Gasteiger charge is -2.17. The average molecular weight is 411 g/mol. The van der Waals surface area contributed by atoms with Gasteiger partial charge >= 0.3 is 5.97 Å². The van der Waals surface area contributed by atoms with Crippen LogP contribution in [0, 0.1) is 6.92 Å². The molecule has 2 amide bonds. The quantitative estimate of drug-likeness (QED) is 0.606. The first kappa shape index (κ1) is 20.3. The number of esters is 1. The average Bonchev–Trinajstić information content (AvgIpc) is 3.38. The maximum Gasteiger partial charge on any atom is 0.350 e. The van der Waals surface area contributed by atoms with Crippen molar-refractivity contribution in [1.82, 2.24) is 9.47 Å². The molecule has 0 radical (unpaired) electrons. The molecule has 0 saturated carbocycles. The van der Waals surface area contributed by atoms with Gasteiger partial charge in [-0.15, -0.1) is 11.3 Å². The normalized spacial score (nSPS) is 10.4. The van der Waals surface area contributed by atoms with E-state index in [1.165, 1.54) is 23.3 Å². The third kappa shape index (κ3) is 5.32. The number of benzene rings is 1. The van der Waals surface area contributed by atoms with Crippen molar-refractivity contribution in [1.29, 1.82) is 0 Å². The molecule has 0 aliphatic rings. The largest absolute Gasteiger partial charge is 0.451 e. The van der Waals surface area contributed by atoms with Gasteiger partial charge in [-0.1, -0.05) is 17.7 Å². The van der Waals surface area contributed by atoms with Crippen LogP contribution in [-0.2, 0) is 14.3 Å². The van der Waals surface area contributed by atoms with E-state index >= 15 is 0 Å². The molecule has 1 N–H and O–H groups in total. The van der Waals surface area contributed by atoms with Gasteiger partial charge in [0.1, 0.15) is 4.88 Å². The lowest BCUT2D eigenvalue weighted by atomic mass is 10.2. The van der Waals surface area contributed by atoms with Gasteiger partial charge in [-0.05, 0) is 42.6 Å². The van der Waals surface area contributed by atoms with Crippen LogP contribution in [0.2, 0.25) is 0 Å². The van der Waals surface area contributed by atoms with Gasteiger partial charge in [0.05, 0.1) is 12.2 Å². The van der Waals surface area contributed by atoms with Gasteiger partial charge in [-0.2, -0.15) is 0 Å². The van der Waals surface area contributed by atoms with E-state index in [9.17, 15) is 14.4 Å². The van der Waals surface area contributed by atoms with E-state index in [1.807, 2.05) is 49.6 Å². The van der Waals surface area contributed by atoms with Gasteiger partial charge in [-0.3, -0.25) is 9.59 Å². The standard InChI is InChI=1S/C21H21N3O4S/c1-15-5-7-16(8-6-15)22-18(25)13-23(2)19(26)14-28-21(27)20-17(9-12-29-20)24-10-3-4-11-24/h3-12H,13-14H2,1-2H3,(H,22,25). The predicted octanol–water partition coefficient (Wildman–Crippen LogP) is 3.10. The van der Waals surface area contributed by atoms with Crippen molar-refractivity contribution < 1.29 is 19.1 Å². The molecule has 1 aromatic carbocycles. The van der Waals surface area contributed by atoms with Crippen molar-refractivity contribution in [3.8, 4) is 5.69 Å². The van der Waals surface area contributed by atoms with Crippen LogP contribution >= 0.6 is 11.3 Å². The van der Waals surface area contributed by atoms with E-state index in [0.717, 1.165) is 5.56 Å². The Balaban J connectivity index is 1.50. The molecule has 0 saturated heterocycles. The molecule has 29 heavy (non-hydrogen) atoms. The number of hydrogen-bond donors (Lipinski definition) is 1. The number of hydrogen-bond acceptors (Lipinski definition) is 5. The molecule has 0 fully saturated rings. The summed E-state index contributed by atoms with van der Waals surface area (Å²) in [6.45, 7) is 1.38. The van der Waals surface area contributed by atoms with Crippen molar-refractivity contribution in [3.05, 3.63) is 70.7 Å². The third-order valence-electron chi connectivity index (χ3n) is 4.18. The van der Waals surface area contributed by atoms with E-state index in [2.05, 4.69) is 5.32 Å². The summed E-state index contributed by atoms with van der Waals surface area (Å²) < 4.78 is 6.96. The van der Waals surface area contributed by atoms with Crippen LogP contribution < -0.4 is 5.32 Å². The number of carbonyl (C=O) groups excluding carboxylic acids is 3. The highest BCUT2D eigenvalue weighted by atomic mass is 32.1. The molecule has 2 heterocycles. The molecule has 150 valence electrons. The summed E-state index contributed by atoms with van der Waals surface area (Å²) in [4.78, 5) is 38.3. The highest BCUT2D eigenvalue weighted by Crippen LogP contribution is 2.22. The zero-order valence-corrected chi connectivity index (χ0v) is 16.9. The number of anilines is 1. The molecule has 0 atom stereocenters. The van der Waals surface area contributed by atoms with Crippen LogP contribution in [0.4, 0.5) is 5.69 Å². The zero-order chi connectivity index (χ0) is 20.8. The first-order chi connectivity index (χ1) is 13.9. The molecule has 0 spiro atoms. The summed E-state index contributed by atoms with van der Waals surface area (Å²) >= 11 is 1.24. The van der Waals surface area contributed by atoms with Crippen molar-refractivity contribution in [3.63, 3.8) is 0 Å². The zero-order valence-electron chi connectivity index (χ0n) is 16.1. The molecular formula is C21H21N3O4S. The number of likely N-dealkylation sites (N-methyl/N-ethyl adjacent to an activating group) is 1. The lowest BCUT2D eigenvalue weighted by molar-refractivity contribution is -0.136. The van der Waals surface area contributed by atoms with Crippen molar-refractivity contribution in [2.75, 3.05) is 25.5 Å². The molecule has 0 unspecified atom stereocenters. The van der Waals surface area contributed by atoms with Gasteiger partial charge in [-0.25, -0.2) is 4.79 Å². The highest BCUT2D eigenvalue weighted by Gasteiger charge is 2.19. The van der Waals surface area contributed by atoms with Crippen LogP contribution in [0.1, 0.15) is 15.2 Å². The number of carbonyl (C=O) groups is 3. The number of nitrogens with zero attached hydrogens (tertiary/aromatic N) is 2. The second-order valence-electron chi connectivity index (χ2n) is 6.47. The SMILES string of the molecule is Cc1ccc(NC(=O)CN(C)C(=O)COC(=O)c2sccc2-n2cccc2)cc1. The maximum absolute atomic E-state index is 12.4. The van der Waals surface area contributed by atoms with Gasteiger partial charge in [0.15, 0.2) is 6.61 Å². The van der Waals surface area contributed by atoms with E-state index in [1.54, 1.807) is 22.1 Å². The van der Waals surface area contributed by atoms with Crippen LogP contribution in [0.5, 0.6) is 0 Å². The molecule has 7 nitrogen and oxygen atoms in total. The highest BCUT2D eigenvalue weighted by molar-refractivity contribution is 7.12. The number of thiophene rings is 1. The topological polar surface area (TPSA) is 80.6 Å². The predicted molar refractivity (Wildman–Crippen MR) is 111 cm³/mol.